The molecule has 0 fully saturated rings. The number of nitrogens with zero attached hydrogens (tertiary/aromatic N) is 2. The minimum absolute atomic E-state index is 0.0775. The maximum Gasteiger partial charge on any atom is 0.326 e. The van der Waals surface area contributed by atoms with Crippen molar-refractivity contribution in [3.8, 4) is 0 Å². The van der Waals surface area contributed by atoms with Gasteiger partial charge in [-0.1, -0.05) is 18.2 Å². The van der Waals surface area contributed by atoms with Gasteiger partial charge in [-0.2, -0.15) is 0 Å². The third-order valence-corrected chi connectivity index (χ3v) is 4.83. The number of hydrogen-bond acceptors (Lipinski definition) is 3. The van der Waals surface area contributed by atoms with E-state index in [0.717, 1.165) is 16.5 Å². The number of hydrogen-bond donors (Lipinski definition) is 1. The number of nitrogens with one attached hydrogen (secondary N) is 1. The van der Waals surface area contributed by atoms with Crippen LogP contribution in [0.15, 0.2) is 67.0 Å². The maximum atomic E-state index is 13.3. The first-order valence-electron chi connectivity index (χ1n) is 8.92. The number of urea groups is 1. The van der Waals surface area contributed by atoms with Crippen LogP contribution in [0.2, 0.25) is 0 Å². The van der Waals surface area contributed by atoms with E-state index >= 15 is 0 Å². The lowest BCUT2D eigenvalue weighted by Crippen LogP contribution is -2.37. The Kier molecular flexibility index (Phi) is 4.61. The number of ketones is 1. The molecule has 140 valence electrons. The largest absolute Gasteiger partial charge is 0.326 e. The number of amides is 2. The van der Waals surface area contributed by atoms with Crippen molar-refractivity contribution >= 4 is 28.4 Å². The van der Waals surface area contributed by atoms with E-state index in [9.17, 15) is 14.0 Å². The van der Waals surface area contributed by atoms with Crippen molar-refractivity contribution in [1.29, 1.82) is 0 Å². The molecule has 1 aliphatic rings. The van der Waals surface area contributed by atoms with Crippen LogP contribution in [0.5, 0.6) is 0 Å². The summed E-state index contributed by atoms with van der Waals surface area (Å²) in [7, 11) is 0. The smallest absolute Gasteiger partial charge is 0.307 e. The van der Waals surface area contributed by atoms with E-state index in [1.807, 2.05) is 31.2 Å². The summed E-state index contributed by atoms with van der Waals surface area (Å²) in [5, 5.41) is 3.84. The van der Waals surface area contributed by atoms with Crippen molar-refractivity contribution in [2.45, 2.75) is 19.4 Å². The van der Waals surface area contributed by atoms with Crippen LogP contribution in [0.25, 0.3) is 10.9 Å². The minimum atomic E-state index is -0.486. The molecule has 2 amide bonds. The van der Waals surface area contributed by atoms with Gasteiger partial charge >= 0.3 is 6.03 Å². The zero-order valence-electron chi connectivity index (χ0n) is 15.2. The summed E-state index contributed by atoms with van der Waals surface area (Å²) in [6.45, 7) is 1.90. The van der Waals surface area contributed by atoms with Crippen molar-refractivity contribution in [1.82, 2.24) is 9.88 Å². The van der Waals surface area contributed by atoms with Gasteiger partial charge in [0.2, 0.25) is 0 Å². The predicted octanol–water partition coefficient (Wildman–Crippen LogP) is 4.74. The summed E-state index contributed by atoms with van der Waals surface area (Å²) < 4.78 is 13.3. The first-order chi connectivity index (χ1) is 13.5. The Labute approximate surface area is 161 Å². The fourth-order valence-electron chi connectivity index (χ4n) is 3.34. The average molecular weight is 375 g/mol. The summed E-state index contributed by atoms with van der Waals surface area (Å²) in [5.74, 6) is -0.441. The van der Waals surface area contributed by atoms with Crippen LogP contribution < -0.4 is 5.32 Å². The van der Waals surface area contributed by atoms with Crippen molar-refractivity contribution in [2.75, 3.05) is 5.32 Å². The van der Waals surface area contributed by atoms with Crippen molar-refractivity contribution in [2.24, 2.45) is 0 Å². The number of fused-ring (bicyclic) bond motifs is 1. The van der Waals surface area contributed by atoms with Crippen molar-refractivity contribution in [3.63, 3.8) is 0 Å². The van der Waals surface area contributed by atoms with Gasteiger partial charge in [-0.15, -0.1) is 0 Å². The van der Waals surface area contributed by atoms with E-state index in [0.29, 0.717) is 11.3 Å². The van der Waals surface area contributed by atoms with Gasteiger partial charge < -0.3 is 5.32 Å². The SMILES string of the molecule is Cc1cc2ncccc2cc1NC(=O)N1C=CC(=O)C[C@H]1c1ccc(F)cc1. The molecule has 1 N–H and O–H groups in total. The zero-order chi connectivity index (χ0) is 19.7. The van der Waals surface area contributed by atoms with Gasteiger partial charge in [0, 0.05) is 29.9 Å². The van der Waals surface area contributed by atoms with Crippen molar-refractivity contribution < 1.29 is 14.0 Å². The molecule has 3 aromatic rings. The normalized spacial score (nSPS) is 16.4. The van der Waals surface area contributed by atoms with E-state index < -0.39 is 6.04 Å². The van der Waals surface area contributed by atoms with Crippen LogP contribution >= 0.6 is 0 Å². The molecule has 6 heteroatoms. The Bertz CT molecular complexity index is 1090. The van der Waals surface area contributed by atoms with E-state index in [-0.39, 0.29) is 24.1 Å². The second-order valence-electron chi connectivity index (χ2n) is 6.75. The Morgan fingerprint density at radius 2 is 2.00 bits per heavy atom. The van der Waals surface area contributed by atoms with Gasteiger partial charge in [-0.3, -0.25) is 14.7 Å². The summed E-state index contributed by atoms with van der Waals surface area (Å²) >= 11 is 0. The minimum Gasteiger partial charge on any atom is -0.307 e. The first kappa shape index (κ1) is 17.9. The van der Waals surface area contributed by atoms with Crippen LogP contribution in [0.1, 0.15) is 23.6 Å². The van der Waals surface area contributed by atoms with Gasteiger partial charge in [-0.25, -0.2) is 9.18 Å². The highest BCUT2D eigenvalue weighted by Crippen LogP contribution is 2.30. The topological polar surface area (TPSA) is 62.3 Å². The summed E-state index contributed by atoms with van der Waals surface area (Å²) in [5.41, 5.74) is 3.11. The highest BCUT2D eigenvalue weighted by atomic mass is 19.1. The Hall–Kier alpha value is -3.54. The zero-order valence-corrected chi connectivity index (χ0v) is 15.2. The number of aromatic nitrogens is 1. The molecule has 0 saturated carbocycles. The van der Waals surface area contributed by atoms with Crippen LogP contribution in [0.4, 0.5) is 14.9 Å². The number of rotatable bonds is 2. The lowest BCUT2D eigenvalue weighted by atomic mass is 9.97. The molecule has 1 aromatic heterocycles. The van der Waals surface area contributed by atoms with Gasteiger partial charge in [0.15, 0.2) is 5.78 Å². The summed E-state index contributed by atoms with van der Waals surface area (Å²) in [6.07, 6.45) is 4.74. The third kappa shape index (κ3) is 3.49. The highest BCUT2D eigenvalue weighted by molar-refractivity contribution is 5.97. The molecule has 0 saturated heterocycles. The molecule has 1 atom stereocenters. The Balaban J connectivity index is 1.64. The lowest BCUT2D eigenvalue weighted by molar-refractivity contribution is -0.116. The van der Waals surface area contributed by atoms with Crippen LogP contribution in [-0.2, 0) is 4.79 Å². The van der Waals surface area contributed by atoms with Gasteiger partial charge in [0.25, 0.3) is 0 Å². The van der Waals surface area contributed by atoms with Gasteiger partial charge in [0.05, 0.1) is 11.6 Å². The van der Waals surface area contributed by atoms with E-state index in [1.165, 1.54) is 29.3 Å². The van der Waals surface area contributed by atoms with Crippen LogP contribution in [0.3, 0.4) is 0 Å². The van der Waals surface area contributed by atoms with E-state index in [2.05, 4.69) is 10.3 Å². The number of allylic oxidation sites excluding steroid dienone is 1. The van der Waals surface area contributed by atoms with Gasteiger partial charge in [0.1, 0.15) is 5.82 Å². The third-order valence-electron chi connectivity index (χ3n) is 4.83. The molecule has 0 aliphatic carbocycles. The maximum absolute atomic E-state index is 13.3. The van der Waals surface area contributed by atoms with Crippen LogP contribution in [-0.4, -0.2) is 21.7 Å². The molecule has 0 spiro atoms. The summed E-state index contributed by atoms with van der Waals surface area (Å²) in [4.78, 5) is 30.7. The molecule has 1 aliphatic heterocycles. The fraction of sp³-hybridized carbons (Fsp3) is 0.136. The second kappa shape index (κ2) is 7.23. The average Bonchev–Trinajstić information content (AvgIpc) is 2.69. The number of halogens is 1. The molecular formula is C22H18FN3O2. The molecule has 0 bridgehead atoms. The molecular weight excluding hydrogens is 357 g/mol. The summed E-state index contributed by atoms with van der Waals surface area (Å²) in [6, 6.07) is 12.6. The number of carbonyl (C=O) groups is 2. The lowest BCUT2D eigenvalue weighted by Gasteiger charge is -2.31. The number of anilines is 1. The molecule has 28 heavy (non-hydrogen) atoms. The Morgan fingerprint density at radius 3 is 2.79 bits per heavy atom. The first-order valence-corrected chi connectivity index (χ1v) is 8.92. The predicted molar refractivity (Wildman–Crippen MR) is 105 cm³/mol. The van der Waals surface area contributed by atoms with Gasteiger partial charge in [-0.05, 0) is 54.5 Å². The number of carbonyl (C=O) groups excluding carboxylic acids is 2. The Morgan fingerprint density at radius 1 is 1.21 bits per heavy atom. The number of benzene rings is 2. The molecule has 0 unspecified atom stereocenters. The monoisotopic (exact) mass is 375 g/mol. The quantitative estimate of drug-likeness (QED) is 0.703. The molecule has 0 radical (unpaired) electrons. The molecule has 2 heterocycles. The second-order valence-corrected chi connectivity index (χ2v) is 6.75. The number of pyridine rings is 1. The fourth-order valence-corrected chi connectivity index (χ4v) is 3.34. The molecule has 2 aromatic carbocycles. The number of aryl methyl sites for hydroxylation is 1. The van der Waals surface area contributed by atoms with Crippen molar-refractivity contribution in [3.05, 3.63) is 83.9 Å². The molecule has 5 nitrogen and oxygen atoms in total. The standard InChI is InChI=1S/C22H18FN3O2/c1-14-11-20-16(3-2-9-24-20)12-19(14)25-22(28)26-10-8-18(27)13-21(26)15-4-6-17(23)7-5-15/h2-12,21H,13H2,1H3,(H,25,28)/t21-/m0/s1. The van der Waals surface area contributed by atoms with Crippen LogP contribution in [0, 0.1) is 12.7 Å². The van der Waals surface area contributed by atoms with E-state index in [4.69, 9.17) is 0 Å². The molecule has 4 rings (SSSR count). The highest BCUT2D eigenvalue weighted by Gasteiger charge is 2.29. The van der Waals surface area contributed by atoms with E-state index in [1.54, 1.807) is 18.3 Å².